The van der Waals surface area contributed by atoms with E-state index in [0.29, 0.717) is 30.8 Å². The highest BCUT2D eigenvalue weighted by molar-refractivity contribution is 7.89. The molecule has 0 bridgehead atoms. The number of ether oxygens (including phenoxy) is 1. The van der Waals surface area contributed by atoms with Crippen molar-refractivity contribution in [2.24, 2.45) is 0 Å². The van der Waals surface area contributed by atoms with Crippen LogP contribution in [0.25, 0.3) is 0 Å². The van der Waals surface area contributed by atoms with Crippen LogP contribution in [0.4, 0.5) is 5.69 Å². The van der Waals surface area contributed by atoms with E-state index in [0.717, 1.165) is 24.2 Å². The lowest BCUT2D eigenvalue weighted by Crippen LogP contribution is -2.34. The molecule has 3 aromatic carbocycles. The highest BCUT2D eigenvalue weighted by Gasteiger charge is 2.14. The summed E-state index contributed by atoms with van der Waals surface area (Å²) in [5.74, 6) is 0.373. The van der Waals surface area contributed by atoms with Gasteiger partial charge < -0.3 is 10.1 Å². The average molecular weight is 554 g/mol. The Hall–Kier alpha value is -3.27. The molecule has 0 saturated carbocycles. The lowest BCUT2D eigenvalue weighted by atomic mass is 10.2. The number of nitrogens with one attached hydrogen (secondary N) is 3. The summed E-state index contributed by atoms with van der Waals surface area (Å²) in [6.07, 6.45) is 6.46. The number of amides is 1. The predicted molar refractivity (Wildman–Crippen MR) is 156 cm³/mol. The van der Waals surface area contributed by atoms with Gasteiger partial charge in [0.1, 0.15) is 5.75 Å². The number of thiocarbonyl (C=S) groups is 1. The average Bonchev–Trinajstić information content (AvgIpc) is 2.92. The number of anilines is 1. The molecule has 7 nitrogen and oxygen atoms in total. The second kappa shape index (κ2) is 15.2. The Balaban J connectivity index is 1.43. The third-order valence-corrected chi connectivity index (χ3v) is 7.51. The van der Waals surface area contributed by atoms with E-state index in [4.69, 9.17) is 17.0 Å². The third-order valence-electron chi connectivity index (χ3n) is 5.83. The van der Waals surface area contributed by atoms with Crippen LogP contribution in [0.2, 0.25) is 0 Å². The van der Waals surface area contributed by atoms with Crippen molar-refractivity contribution in [1.82, 2.24) is 10.0 Å². The van der Waals surface area contributed by atoms with Crippen LogP contribution in [0.15, 0.2) is 83.8 Å². The molecule has 3 N–H and O–H groups in total. The van der Waals surface area contributed by atoms with E-state index in [2.05, 4.69) is 22.3 Å². The van der Waals surface area contributed by atoms with Crippen molar-refractivity contribution in [2.45, 2.75) is 50.3 Å². The number of carbonyl (C=O) groups is 1. The summed E-state index contributed by atoms with van der Waals surface area (Å²) in [7, 11) is -3.64. The first-order valence-electron chi connectivity index (χ1n) is 12.9. The monoisotopic (exact) mass is 553 g/mol. The van der Waals surface area contributed by atoms with E-state index < -0.39 is 10.0 Å². The van der Waals surface area contributed by atoms with Gasteiger partial charge in [0.05, 0.1) is 11.5 Å². The molecule has 202 valence electrons. The van der Waals surface area contributed by atoms with Crippen LogP contribution in [0, 0.1) is 0 Å². The summed E-state index contributed by atoms with van der Waals surface area (Å²) in [4.78, 5) is 12.7. The van der Waals surface area contributed by atoms with Crippen LogP contribution in [0.5, 0.6) is 5.75 Å². The number of sulfonamides is 1. The molecule has 0 aliphatic rings. The first kappa shape index (κ1) is 29.3. The maximum atomic E-state index is 12.6. The highest BCUT2D eigenvalue weighted by Crippen LogP contribution is 2.15. The van der Waals surface area contributed by atoms with Gasteiger partial charge in [-0.2, -0.15) is 0 Å². The van der Waals surface area contributed by atoms with E-state index in [9.17, 15) is 13.2 Å². The zero-order chi connectivity index (χ0) is 27.2. The molecule has 0 unspecified atom stereocenters. The van der Waals surface area contributed by atoms with Crippen LogP contribution >= 0.6 is 12.2 Å². The van der Waals surface area contributed by atoms with E-state index >= 15 is 0 Å². The first-order chi connectivity index (χ1) is 18.4. The summed E-state index contributed by atoms with van der Waals surface area (Å²) in [6.45, 7) is 3.15. The summed E-state index contributed by atoms with van der Waals surface area (Å²) in [6, 6.07) is 22.8. The van der Waals surface area contributed by atoms with Crippen LogP contribution < -0.4 is 20.1 Å². The van der Waals surface area contributed by atoms with Gasteiger partial charge in [-0.1, -0.05) is 62.9 Å². The molecule has 3 rings (SSSR count). The van der Waals surface area contributed by atoms with Crippen LogP contribution in [0.1, 0.15) is 54.9 Å². The van der Waals surface area contributed by atoms with E-state index in [1.165, 1.54) is 31.4 Å². The van der Waals surface area contributed by atoms with E-state index in [1.54, 1.807) is 36.4 Å². The Labute approximate surface area is 231 Å². The maximum absolute atomic E-state index is 12.6. The fourth-order valence-electron chi connectivity index (χ4n) is 3.71. The maximum Gasteiger partial charge on any atom is 0.257 e. The molecule has 0 saturated heterocycles. The van der Waals surface area contributed by atoms with Gasteiger partial charge >= 0.3 is 0 Å². The summed E-state index contributed by atoms with van der Waals surface area (Å²) in [5.41, 5.74) is 2.07. The zero-order valence-corrected chi connectivity index (χ0v) is 23.2. The number of rotatable bonds is 14. The Morgan fingerprint density at radius 1 is 0.868 bits per heavy atom. The normalized spacial score (nSPS) is 11.1. The van der Waals surface area contributed by atoms with Crippen molar-refractivity contribution < 1.29 is 17.9 Å². The number of unbranched alkanes of at least 4 members (excludes halogenated alkanes) is 4. The van der Waals surface area contributed by atoms with Gasteiger partial charge in [0.25, 0.3) is 5.91 Å². The molecule has 1 amide bonds. The Morgan fingerprint density at radius 2 is 1.55 bits per heavy atom. The first-order valence-corrected chi connectivity index (χ1v) is 14.8. The second-order valence-electron chi connectivity index (χ2n) is 8.85. The molecule has 9 heteroatoms. The van der Waals surface area contributed by atoms with Crippen molar-refractivity contribution in [1.29, 1.82) is 0 Å². The molecule has 0 aliphatic carbocycles. The smallest absolute Gasteiger partial charge is 0.257 e. The number of hydrogen-bond donors (Lipinski definition) is 3. The quantitative estimate of drug-likeness (QED) is 0.176. The fourth-order valence-corrected chi connectivity index (χ4v) is 4.95. The fraction of sp³-hybridized carbons (Fsp3) is 0.310. The minimum atomic E-state index is -3.64. The van der Waals surface area contributed by atoms with Crippen molar-refractivity contribution in [3.05, 3.63) is 90.0 Å². The number of carbonyl (C=O) groups excluding carboxylic acids is 1. The van der Waals surface area contributed by atoms with Crippen LogP contribution in [0.3, 0.4) is 0 Å². The Bertz CT molecular complexity index is 1260. The number of benzene rings is 3. The Morgan fingerprint density at radius 3 is 2.24 bits per heavy atom. The topological polar surface area (TPSA) is 96.5 Å². The summed E-state index contributed by atoms with van der Waals surface area (Å²) in [5, 5.41) is 5.65. The molecule has 0 heterocycles. The van der Waals surface area contributed by atoms with Crippen molar-refractivity contribution in [2.75, 3.05) is 18.5 Å². The van der Waals surface area contributed by atoms with E-state index in [-0.39, 0.29) is 15.9 Å². The van der Waals surface area contributed by atoms with Gasteiger partial charge in [-0.25, -0.2) is 13.1 Å². The lowest BCUT2D eigenvalue weighted by Gasteiger charge is -2.11. The van der Waals surface area contributed by atoms with Gasteiger partial charge in [0.2, 0.25) is 10.0 Å². The number of hydrogen-bond acceptors (Lipinski definition) is 5. The van der Waals surface area contributed by atoms with Crippen LogP contribution in [-0.4, -0.2) is 32.6 Å². The zero-order valence-electron chi connectivity index (χ0n) is 21.6. The second-order valence-corrected chi connectivity index (χ2v) is 11.0. The SMILES string of the molecule is CCCCCCCOc1ccc(C(=O)NC(=S)Nc2ccc(S(=O)(=O)NCCc3ccccc3)cc2)cc1. The van der Waals surface area contributed by atoms with Gasteiger partial charge in [-0.3, -0.25) is 10.1 Å². The molecule has 0 radical (unpaired) electrons. The van der Waals surface area contributed by atoms with Crippen LogP contribution in [-0.2, 0) is 16.4 Å². The van der Waals surface area contributed by atoms with Gasteiger partial charge in [0, 0.05) is 17.8 Å². The van der Waals surface area contributed by atoms with Gasteiger partial charge in [-0.05, 0) is 79.2 Å². The van der Waals surface area contributed by atoms with Gasteiger partial charge in [-0.15, -0.1) is 0 Å². The molecule has 38 heavy (non-hydrogen) atoms. The molecular weight excluding hydrogens is 518 g/mol. The van der Waals surface area contributed by atoms with Crippen molar-refractivity contribution in [3.63, 3.8) is 0 Å². The molecule has 0 fully saturated rings. The minimum absolute atomic E-state index is 0.110. The molecule has 0 spiro atoms. The molecule has 0 aliphatic heterocycles. The van der Waals surface area contributed by atoms with Crippen molar-refractivity contribution >= 4 is 38.9 Å². The molecule has 3 aromatic rings. The van der Waals surface area contributed by atoms with E-state index in [1.807, 2.05) is 30.3 Å². The predicted octanol–water partition coefficient (Wildman–Crippen LogP) is 5.68. The molecular formula is C29H35N3O4S2. The largest absolute Gasteiger partial charge is 0.494 e. The highest BCUT2D eigenvalue weighted by atomic mass is 32.2. The minimum Gasteiger partial charge on any atom is -0.494 e. The summed E-state index contributed by atoms with van der Waals surface area (Å²) < 4.78 is 33.5. The van der Waals surface area contributed by atoms with Crippen molar-refractivity contribution in [3.8, 4) is 5.75 Å². The van der Waals surface area contributed by atoms with Gasteiger partial charge in [0.15, 0.2) is 5.11 Å². The third kappa shape index (κ3) is 9.89. The Kier molecular flexibility index (Phi) is 11.7. The standard InChI is InChI=1S/C29H35N3O4S2/c1-2-3-4-5-9-22-36-26-16-12-24(13-17-26)28(33)32-29(37)31-25-14-18-27(19-15-25)38(34,35)30-21-20-23-10-7-6-8-11-23/h6-8,10-19,30H,2-5,9,20-22H2,1H3,(H2,31,32,33,37). The molecule has 0 atom stereocenters. The molecule has 0 aromatic heterocycles. The lowest BCUT2D eigenvalue weighted by molar-refractivity contribution is 0.0977. The summed E-state index contributed by atoms with van der Waals surface area (Å²) >= 11 is 5.25.